The zero-order valence-corrected chi connectivity index (χ0v) is 15.7. The third-order valence-electron chi connectivity index (χ3n) is 4.02. The van der Waals surface area contributed by atoms with Gasteiger partial charge in [0.05, 0.1) is 17.2 Å². The highest BCUT2D eigenvalue weighted by atomic mass is 32.2. The van der Waals surface area contributed by atoms with Gasteiger partial charge in [-0.1, -0.05) is 6.92 Å². The number of nitrogens with two attached hydrogens (primary N) is 1. The van der Waals surface area contributed by atoms with E-state index in [0.717, 1.165) is 34.7 Å². The molecule has 2 aromatic carbocycles. The summed E-state index contributed by atoms with van der Waals surface area (Å²) in [5.41, 5.74) is 4.05. The third-order valence-corrected chi connectivity index (χ3v) is 4.95. The van der Waals surface area contributed by atoms with E-state index < -0.39 is 10.0 Å². The lowest BCUT2D eigenvalue weighted by atomic mass is 10.1. The molecule has 6 heteroatoms. The molecule has 0 amide bonds. The molecule has 0 saturated heterocycles. The maximum absolute atomic E-state index is 11.4. The van der Waals surface area contributed by atoms with Crippen molar-refractivity contribution in [3.05, 3.63) is 66.4 Å². The maximum atomic E-state index is 11.4. The summed E-state index contributed by atoms with van der Waals surface area (Å²) in [6.45, 7) is 4.80. The van der Waals surface area contributed by atoms with Crippen LogP contribution in [0.25, 0.3) is 16.9 Å². The van der Waals surface area contributed by atoms with Gasteiger partial charge in [-0.25, -0.2) is 13.6 Å². The SMILES string of the molecule is CCCOc1ccc(-c2cc(C)cn2-c2ccc(S(N)(=O)=O)cc2)cc1. The van der Waals surface area contributed by atoms with Gasteiger partial charge in [-0.3, -0.25) is 0 Å². The summed E-state index contributed by atoms with van der Waals surface area (Å²) in [6.07, 6.45) is 2.99. The number of sulfonamides is 1. The number of aromatic nitrogens is 1. The van der Waals surface area contributed by atoms with Crippen LogP contribution in [0.15, 0.2) is 65.7 Å². The largest absolute Gasteiger partial charge is 0.494 e. The molecule has 3 aromatic rings. The van der Waals surface area contributed by atoms with Crippen molar-refractivity contribution in [2.75, 3.05) is 6.61 Å². The lowest BCUT2D eigenvalue weighted by molar-refractivity contribution is 0.317. The van der Waals surface area contributed by atoms with Gasteiger partial charge in [0.25, 0.3) is 0 Å². The standard InChI is InChI=1S/C20H22N2O3S/c1-3-12-25-18-8-4-16(5-9-18)20-13-15(2)14-22(20)17-6-10-19(11-7-17)26(21,23)24/h4-11,13-14H,3,12H2,1-2H3,(H2,21,23,24). The van der Waals surface area contributed by atoms with Crippen LogP contribution in [0.1, 0.15) is 18.9 Å². The van der Waals surface area contributed by atoms with Gasteiger partial charge in [-0.2, -0.15) is 0 Å². The molecule has 0 unspecified atom stereocenters. The quantitative estimate of drug-likeness (QED) is 0.715. The molecule has 2 N–H and O–H groups in total. The normalized spacial score (nSPS) is 11.5. The summed E-state index contributed by atoms with van der Waals surface area (Å²) >= 11 is 0. The van der Waals surface area contributed by atoms with E-state index in [1.807, 2.05) is 42.0 Å². The molecule has 0 fully saturated rings. The number of aryl methyl sites for hydroxylation is 1. The number of rotatable bonds is 6. The Hall–Kier alpha value is -2.57. The van der Waals surface area contributed by atoms with Crippen LogP contribution in [0.2, 0.25) is 0 Å². The van der Waals surface area contributed by atoms with Gasteiger partial charge >= 0.3 is 0 Å². The van der Waals surface area contributed by atoms with Crippen LogP contribution in [0.3, 0.4) is 0 Å². The van der Waals surface area contributed by atoms with Gasteiger partial charge in [0, 0.05) is 11.9 Å². The fraction of sp³-hybridized carbons (Fsp3) is 0.200. The van der Waals surface area contributed by atoms with Crippen LogP contribution in [0, 0.1) is 6.92 Å². The molecule has 0 aliphatic carbocycles. The van der Waals surface area contributed by atoms with Crippen LogP contribution >= 0.6 is 0 Å². The lowest BCUT2D eigenvalue weighted by Crippen LogP contribution is -2.12. The molecule has 0 spiro atoms. The van der Waals surface area contributed by atoms with Crippen molar-refractivity contribution in [3.8, 4) is 22.7 Å². The monoisotopic (exact) mass is 370 g/mol. The zero-order chi connectivity index (χ0) is 18.7. The van der Waals surface area contributed by atoms with E-state index in [4.69, 9.17) is 9.88 Å². The Labute approximate surface area is 154 Å². The summed E-state index contributed by atoms with van der Waals surface area (Å²) < 4.78 is 30.5. The van der Waals surface area contributed by atoms with E-state index in [1.54, 1.807) is 12.1 Å². The first-order valence-electron chi connectivity index (χ1n) is 8.44. The Morgan fingerprint density at radius 2 is 1.69 bits per heavy atom. The van der Waals surface area contributed by atoms with Crippen LogP contribution in [0.5, 0.6) is 5.75 Å². The molecular formula is C20H22N2O3S. The molecule has 3 rings (SSSR count). The van der Waals surface area contributed by atoms with Crippen molar-refractivity contribution < 1.29 is 13.2 Å². The fourth-order valence-electron chi connectivity index (χ4n) is 2.77. The van der Waals surface area contributed by atoms with Crippen molar-refractivity contribution in [1.29, 1.82) is 0 Å². The molecule has 5 nitrogen and oxygen atoms in total. The van der Waals surface area contributed by atoms with E-state index in [9.17, 15) is 8.42 Å². The molecule has 26 heavy (non-hydrogen) atoms. The van der Waals surface area contributed by atoms with E-state index >= 15 is 0 Å². The van der Waals surface area contributed by atoms with Crippen LogP contribution in [0.4, 0.5) is 0 Å². The fourth-order valence-corrected chi connectivity index (χ4v) is 3.29. The molecule has 0 atom stereocenters. The molecule has 136 valence electrons. The number of hydrogen-bond donors (Lipinski definition) is 1. The van der Waals surface area contributed by atoms with Crippen LogP contribution in [-0.4, -0.2) is 19.6 Å². The molecule has 0 aliphatic rings. The molecule has 0 aliphatic heterocycles. The Bertz CT molecular complexity index is 989. The van der Waals surface area contributed by atoms with Gasteiger partial charge in [-0.05, 0) is 79.1 Å². The smallest absolute Gasteiger partial charge is 0.238 e. The molecular weight excluding hydrogens is 348 g/mol. The second kappa shape index (κ2) is 7.35. The van der Waals surface area contributed by atoms with Gasteiger partial charge in [0.2, 0.25) is 10.0 Å². The van der Waals surface area contributed by atoms with Crippen molar-refractivity contribution in [2.45, 2.75) is 25.2 Å². The molecule has 1 heterocycles. The Morgan fingerprint density at radius 3 is 2.27 bits per heavy atom. The first-order valence-corrected chi connectivity index (χ1v) is 9.98. The van der Waals surface area contributed by atoms with Gasteiger partial charge in [-0.15, -0.1) is 0 Å². The highest BCUT2D eigenvalue weighted by molar-refractivity contribution is 7.89. The summed E-state index contributed by atoms with van der Waals surface area (Å²) in [7, 11) is -3.69. The average Bonchev–Trinajstić information content (AvgIpc) is 3.01. The first kappa shape index (κ1) is 18.2. The van der Waals surface area contributed by atoms with E-state index in [1.165, 1.54) is 12.1 Å². The van der Waals surface area contributed by atoms with E-state index in [0.29, 0.717) is 6.61 Å². The number of benzene rings is 2. The molecule has 1 aromatic heterocycles. The maximum Gasteiger partial charge on any atom is 0.238 e. The van der Waals surface area contributed by atoms with E-state index in [-0.39, 0.29) is 4.90 Å². The predicted octanol–water partition coefficient (Wildman–Crippen LogP) is 3.89. The van der Waals surface area contributed by atoms with Gasteiger partial charge in [0.15, 0.2) is 0 Å². The van der Waals surface area contributed by atoms with Crippen molar-refractivity contribution in [2.24, 2.45) is 5.14 Å². The summed E-state index contributed by atoms with van der Waals surface area (Å²) in [6, 6.07) is 16.6. The predicted molar refractivity (Wildman–Crippen MR) is 103 cm³/mol. The third kappa shape index (κ3) is 3.98. The molecule has 0 bridgehead atoms. The Balaban J connectivity index is 1.96. The Morgan fingerprint density at radius 1 is 1.04 bits per heavy atom. The lowest BCUT2D eigenvalue weighted by Gasteiger charge is -2.11. The Kier molecular flexibility index (Phi) is 5.15. The average molecular weight is 370 g/mol. The minimum Gasteiger partial charge on any atom is -0.494 e. The van der Waals surface area contributed by atoms with Crippen molar-refractivity contribution in [1.82, 2.24) is 4.57 Å². The number of hydrogen-bond acceptors (Lipinski definition) is 3. The zero-order valence-electron chi connectivity index (χ0n) is 14.8. The minimum atomic E-state index is -3.69. The number of primary sulfonamides is 1. The van der Waals surface area contributed by atoms with Gasteiger partial charge < -0.3 is 9.30 Å². The second-order valence-corrected chi connectivity index (χ2v) is 7.75. The summed E-state index contributed by atoms with van der Waals surface area (Å²) in [5.74, 6) is 0.850. The van der Waals surface area contributed by atoms with E-state index in [2.05, 4.69) is 13.0 Å². The highest BCUT2D eigenvalue weighted by Crippen LogP contribution is 2.28. The van der Waals surface area contributed by atoms with Crippen LogP contribution in [-0.2, 0) is 10.0 Å². The van der Waals surface area contributed by atoms with Crippen LogP contribution < -0.4 is 9.88 Å². The van der Waals surface area contributed by atoms with Crippen molar-refractivity contribution >= 4 is 10.0 Å². The summed E-state index contributed by atoms with van der Waals surface area (Å²) in [5, 5.41) is 5.17. The topological polar surface area (TPSA) is 74.3 Å². The number of nitrogens with zero attached hydrogens (tertiary/aromatic N) is 1. The highest BCUT2D eigenvalue weighted by Gasteiger charge is 2.11. The molecule has 0 saturated carbocycles. The molecule has 0 radical (unpaired) electrons. The first-order chi connectivity index (χ1) is 12.4. The second-order valence-electron chi connectivity index (χ2n) is 6.18. The minimum absolute atomic E-state index is 0.101. The number of ether oxygens (including phenoxy) is 1. The van der Waals surface area contributed by atoms with Crippen molar-refractivity contribution in [3.63, 3.8) is 0 Å². The van der Waals surface area contributed by atoms with Gasteiger partial charge in [0.1, 0.15) is 5.75 Å². The summed E-state index contributed by atoms with van der Waals surface area (Å²) in [4.78, 5) is 0.101.